The average Bonchev–Trinajstić information content (AvgIpc) is 3.44. The topological polar surface area (TPSA) is 96.5 Å². The summed E-state index contributed by atoms with van der Waals surface area (Å²) in [7, 11) is 0. The first kappa shape index (κ1) is 18.6. The van der Waals surface area contributed by atoms with Crippen molar-refractivity contribution in [1.29, 1.82) is 0 Å². The van der Waals surface area contributed by atoms with Crippen LogP contribution in [0.25, 0.3) is 0 Å². The van der Waals surface area contributed by atoms with Crippen LogP contribution in [-0.2, 0) is 24.1 Å². The SMILES string of the molecule is CCCCON1C(=O)N2C[C@@H]1CC[C@H]2C(=O)ON1C(=O)C2C(C1=O)[C@H]1C=C[C@@H]2C1. The van der Waals surface area contributed by atoms with Gasteiger partial charge < -0.3 is 9.74 Å². The molecule has 5 rings (SSSR count). The van der Waals surface area contributed by atoms with Crippen LogP contribution in [0.1, 0.15) is 39.0 Å². The van der Waals surface area contributed by atoms with Crippen LogP contribution in [0.4, 0.5) is 4.79 Å². The van der Waals surface area contributed by atoms with Crippen molar-refractivity contribution in [3.63, 3.8) is 0 Å². The number of imide groups is 1. The number of hydrogen-bond acceptors (Lipinski definition) is 6. The molecule has 29 heavy (non-hydrogen) atoms. The zero-order valence-electron chi connectivity index (χ0n) is 16.4. The van der Waals surface area contributed by atoms with Gasteiger partial charge in [-0.05, 0) is 37.5 Å². The summed E-state index contributed by atoms with van der Waals surface area (Å²) in [6, 6.07) is -1.25. The molecule has 0 aromatic heterocycles. The molecule has 0 spiro atoms. The van der Waals surface area contributed by atoms with E-state index in [1.165, 1.54) is 9.96 Å². The Morgan fingerprint density at radius 2 is 1.79 bits per heavy atom. The quantitative estimate of drug-likeness (QED) is 0.376. The molecule has 5 aliphatic rings. The number of amides is 4. The second-order valence-electron chi connectivity index (χ2n) is 8.58. The largest absolute Gasteiger partial charge is 0.355 e. The summed E-state index contributed by atoms with van der Waals surface area (Å²) in [6.45, 7) is 2.88. The molecule has 4 bridgehead atoms. The van der Waals surface area contributed by atoms with Gasteiger partial charge in [-0.25, -0.2) is 9.59 Å². The first-order valence-electron chi connectivity index (χ1n) is 10.5. The zero-order chi connectivity index (χ0) is 20.3. The smallest absolute Gasteiger partial charge is 0.328 e. The predicted molar refractivity (Wildman–Crippen MR) is 97.3 cm³/mol. The van der Waals surface area contributed by atoms with Crippen LogP contribution in [0, 0.1) is 23.7 Å². The molecule has 0 aromatic carbocycles. The Bertz CT molecular complexity index is 767. The number of carbonyl (C=O) groups is 4. The molecule has 3 heterocycles. The summed E-state index contributed by atoms with van der Waals surface area (Å²) >= 11 is 0. The van der Waals surface area contributed by atoms with Crippen molar-refractivity contribution >= 4 is 23.8 Å². The third kappa shape index (κ3) is 2.70. The number of nitrogens with zero attached hydrogens (tertiary/aromatic N) is 3. The van der Waals surface area contributed by atoms with Gasteiger partial charge in [0.15, 0.2) is 0 Å². The van der Waals surface area contributed by atoms with Gasteiger partial charge in [0.2, 0.25) is 0 Å². The van der Waals surface area contributed by atoms with Gasteiger partial charge in [0, 0.05) is 6.54 Å². The Kier molecular flexibility index (Phi) is 4.38. The van der Waals surface area contributed by atoms with Crippen LogP contribution >= 0.6 is 0 Å². The molecule has 9 heteroatoms. The maximum atomic E-state index is 12.8. The minimum atomic E-state index is -0.811. The molecule has 2 aliphatic carbocycles. The maximum absolute atomic E-state index is 12.8. The van der Waals surface area contributed by atoms with Crippen molar-refractivity contribution in [2.75, 3.05) is 13.2 Å². The summed E-state index contributed by atoms with van der Waals surface area (Å²) in [6.07, 6.45) is 7.62. The Balaban J connectivity index is 1.25. The highest BCUT2D eigenvalue weighted by Gasteiger charge is 2.61. The lowest BCUT2D eigenvalue weighted by Crippen LogP contribution is -2.48. The van der Waals surface area contributed by atoms with Gasteiger partial charge in [-0.1, -0.05) is 25.5 Å². The first-order chi connectivity index (χ1) is 14.0. The number of fused-ring (bicyclic) bond motifs is 7. The number of carbonyl (C=O) groups excluding carboxylic acids is 4. The van der Waals surface area contributed by atoms with Crippen LogP contribution in [0.2, 0.25) is 0 Å². The molecule has 3 saturated heterocycles. The summed E-state index contributed by atoms with van der Waals surface area (Å²) < 4.78 is 0. The van der Waals surface area contributed by atoms with Gasteiger partial charge in [-0.3, -0.25) is 14.4 Å². The van der Waals surface area contributed by atoms with Crippen molar-refractivity contribution in [3.05, 3.63) is 12.2 Å². The van der Waals surface area contributed by atoms with Crippen LogP contribution in [0.15, 0.2) is 12.2 Å². The number of hydrogen-bond donors (Lipinski definition) is 0. The van der Waals surface area contributed by atoms with Crippen molar-refractivity contribution < 1.29 is 28.9 Å². The van der Waals surface area contributed by atoms with Crippen molar-refractivity contribution in [2.24, 2.45) is 23.7 Å². The fourth-order valence-electron chi connectivity index (χ4n) is 5.47. The van der Waals surface area contributed by atoms with Crippen molar-refractivity contribution in [3.8, 4) is 0 Å². The molecule has 0 aromatic rings. The molecule has 3 aliphatic heterocycles. The van der Waals surface area contributed by atoms with Crippen LogP contribution in [0.5, 0.6) is 0 Å². The maximum Gasteiger partial charge on any atom is 0.355 e. The Morgan fingerprint density at radius 1 is 1.10 bits per heavy atom. The average molecular weight is 403 g/mol. The van der Waals surface area contributed by atoms with Gasteiger partial charge in [0.25, 0.3) is 11.8 Å². The monoisotopic (exact) mass is 403 g/mol. The highest BCUT2D eigenvalue weighted by atomic mass is 16.7. The minimum absolute atomic E-state index is 0.0505. The van der Waals surface area contributed by atoms with E-state index < -0.39 is 35.7 Å². The number of piperidine rings is 1. The van der Waals surface area contributed by atoms with E-state index in [2.05, 4.69) is 0 Å². The lowest BCUT2D eigenvalue weighted by Gasteiger charge is -2.29. The van der Waals surface area contributed by atoms with E-state index in [0.29, 0.717) is 31.1 Å². The van der Waals surface area contributed by atoms with E-state index in [1.54, 1.807) is 0 Å². The van der Waals surface area contributed by atoms with Crippen molar-refractivity contribution in [2.45, 2.75) is 51.1 Å². The summed E-state index contributed by atoms with van der Waals surface area (Å²) in [5, 5.41) is 2.02. The van der Waals surface area contributed by atoms with E-state index in [9.17, 15) is 19.2 Å². The third-order valence-electron chi connectivity index (χ3n) is 6.93. The summed E-state index contributed by atoms with van der Waals surface area (Å²) in [5.74, 6) is -2.33. The van der Waals surface area contributed by atoms with Crippen molar-refractivity contribution in [1.82, 2.24) is 15.0 Å². The molecular weight excluding hydrogens is 378 g/mol. The molecule has 1 saturated carbocycles. The second kappa shape index (κ2) is 6.83. The Morgan fingerprint density at radius 3 is 2.45 bits per heavy atom. The number of hydroxylamine groups is 4. The Labute approximate surface area is 168 Å². The van der Waals surface area contributed by atoms with E-state index in [4.69, 9.17) is 9.68 Å². The minimum Gasteiger partial charge on any atom is -0.328 e. The first-order valence-corrected chi connectivity index (χ1v) is 10.5. The lowest BCUT2D eigenvalue weighted by atomic mass is 9.85. The van der Waals surface area contributed by atoms with Gasteiger partial charge in [-0.2, -0.15) is 5.06 Å². The lowest BCUT2D eigenvalue weighted by molar-refractivity contribution is -0.202. The predicted octanol–water partition coefficient (Wildman–Crippen LogP) is 1.25. The van der Waals surface area contributed by atoms with E-state index in [-0.39, 0.29) is 23.9 Å². The van der Waals surface area contributed by atoms with Gasteiger partial charge in [0.1, 0.15) is 6.04 Å². The fraction of sp³-hybridized carbons (Fsp3) is 0.700. The number of rotatable bonds is 6. The van der Waals surface area contributed by atoms with Crippen LogP contribution < -0.4 is 0 Å². The molecule has 4 fully saturated rings. The highest BCUT2D eigenvalue weighted by molar-refractivity contribution is 6.06. The zero-order valence-corrected chi connectivity index (χ0v) is 16.4. The molecule has 4 amide bonds. The number of allylic oxidation sites excluding steroid dienone is 2. The molecular formula is C20H25N3O6. The summed E-state index contributed by atoms with van der Waals surface area (Å²) in [4.78, 5) is 63.2. The molecule has 0 N–H and O–H groups in total. The van der Waals surface area contributed by atoms with E-state index >= 15 is 0 Å². The third-order valence-corrected chi connectivity index (χ3v) is 6.93. The second-order valence-corrected chi connectivity index (χ2v) is 8.58. The standard InChI is InChI=1S/C20H25N3O6/c1-2-3-8-28-22-13-6-7-14(21(10-13)20(22)27)19(26)29-23-17(24)15-11-4-5-12(9-11)16(15)18(23)25/h4-5,11-16H,2-3,6-10H2,1H3/t11-,12+,13-,14-,15?,16?/m0/s1. The normalized spacial score (nSPS) is 37.1. The molecule has 9 nitrogen and oxygen atoms in total. The molecule has 156 valence electrons. The molecule has 0 radical (unpaired) electrons. The number of unbranched alkanes of at least 4 members (excludes halogenated alkanes) is 1. The van der Waals surface area contributed by atoms with Gasteiger partial charge in [0.05, 0.1) is 24.5 Å². The number of urea groups is 1. The molecule has 2 unspecified atom stereocenters. The van der Waals surface area contributed by atoms with Gasteiger partial charge in [-0.15, -0.1) is 5.06 Å². The fourth-order valence-corrected chi connectivity index (χ4v) is 5.47. The van der Waals surface area contributed by atoms with Crippen LogP contribution in [0.3, 0.4) is 0 Å². The Hall–Kier alpha value is -2.42. The van der Waals surface area contributed by atoms with Crippen LogP contribution in [-0.4, -0.2) is 64.1 Å². The van der Waals surface area contributed by atoms with E-state index in [0.717, 1.165) is 19.3 Å². The van der Waals surface area contributed by atoms with Gasteiger partial charge >= 0.3 is 12.0 Å². The van der Waals surface area contributed by atoms with E-state index in [1.807, 2.05) is 19.1 Å². The highest BCUT2D eigenvalue weighted by Crippen LogP contribution is 2.52. The molecule has 6 atom stereocenters. The summed E-state index contributed by atoms with van der Waals surface area (Å²) in [5.41, 5.74) is 0.